The van der Waals surface area contributed by atoms with Crippen LogP contribution in [0.4, 0.5) is 11.5 Å². The standard InChI is InChI=1S/C12H11Cl2N5O/c1-6-4-8(14)10(5-7(6)13)16-12(20)9-2-3-11(17-15)19-18-9/h2-5H,15H2,1H3,(H,16,20)(H,17,19). The highest BCUT2D eigenvalue weighted by Gasteiger charge is 2.12. The summed E-state index contributed by atoms with van der Waals surface area (Å²) in [4.78, 5) is 12.0. The lowest BCUT2D eigenvalue weighted by molar-refractivity contribution is 0.102. The quantitative estimate of drug-likeness (QED) is 0.598. The molecule has 0 bridgehead atoms. The van der Waals surface area contributed by atoms with E-state index in [1.807, 2.05) is 6.92 Å². The zero-order valence-electron chi connectivity index (χ0n) is 10.4. The molecule has 0 radical (unpaired) electrons. The summed E-state index contributed by atoms with van der Waals surface area (Å²) in [6.07, 6.45) is 0. The molecule has 0 spiro atoms. The number of hydrogen-bond donors (Lipinski definition) is 3. The zero-order chi connectivity index (χ0) is 14.7. The van der Waals surface area contributed by atoms with Crippen molar-refractivity contribution in [2.45, 2.75) is 6.92 Å². The van der Waals surface area contributed by atoms with Crippen molar-refractivity contribution in [3.63, 3.8) is 0 Å². The smallest absolute Gasteiger partial charge is 0.276 e. The lowest BCUT2D eigenvalue weighted by atomic mass is 10.2. The minimum Gasteiger partial charge on any atom is -0.319 e. The van der Waals surface area contributed by atoms with Gasteiger partial charge in [0.05, 0.1) is 10.7 Å². The molecule has 4 N–H and O–H groups in total. The summed E-state index contributed by atoms with van der Waals surface area (Å²) in [5, 5.41) is 11.0. The van der Waals surface area contributed by atoms with Crippen LogP contribution in [-0.4, -0.2) is 16.1 Å². The number of carbonyl (C=O) groups excluding carboxylic acids is 1. The zero-order valence-corrected chi connectivity index (χ0v) is 12.0. The van der Waals surface area contributed by atoms with Gasteiger partial charge in [-0.15, -0.1) is 10.2 Å². The first-order valence-corrected chi connectivity index (χ1v) is 6.34. The van der Waals surface area contributed by atoms with E-state index in [0.717, 1.165) is 5.56 Å². The van der Waals surface area contributed by atoms with Crippen LogP contribution in [0.25, 0.3) is 0 Å². The maximum atomic E-state index is 12.0. The SMILES string of the molecule is Cc1cc(Cl)c(NC(=O)c2ccc(NN)nn2)cc1Cl. The Kier molecular flexibility index (Phi) is 4.39. The first-order valence-electron chi connectivity index (χ1n) is 5.58. The van der Waals surface area contributed by atoms with Crippen molar-refractivity contribution >= 4 is 40.6 Å². The second kappa shape index (κ2) is 6.04. The molecule has 20 heavy (non-hydrogen) atoms. The van der Waals surface area contributed by atoms with Gasteiger partial charge in [0.25, 0.3) is 5.91 Å². The Hall–Kier alpha value is -1.89. The fourth-order valence-electron chi connectivity index (χ4n) is 1.46. The van der Waals surface area contributed by atoms with Crippen molar-refractivity contribution in [1.29, 1.82) is 0 Å². The van der Waals surface area contributed by atoms with Gasteiger partial charge in [0.15, 0.2) is 11.5 Å². The normalized spacial score (nSPS) is 10.2. The Morgan fingerprint density at radius 3 is 2.55 bits per heavy atom. The van der Waals surface area contributed by atoms with Crippen LogP contribution in [0.15, 0.2) is 24.3 Å². The monoisotopic (exact) mass is 311 g/mol. The third-order valence-electron chi connectivity index (χ3n) is 2.54. The summed E-state index contributed by atoms with van der Waals surface area (Å²) < 4.78 is 0. The third kappa shape index (κ3) is 3.16. The molecule has 6 nitrogen and oxygen atoms in total. The van der Waals surface area contributed by atoms with Crippen molar-refractivity contribution in [2.24, 2.45) is 5.84 Å². The predicted molar refractivity (Wildman–Crippen MR) is 79.0 cm³/mol. The number of nitrogens with one attached hydrogen (secondary N) is 2. The van der Waals surface area contributed by atoms with Crippen LogP contribution in [0.3, 0.4) is 0 Å². The van der Waals surface area contributed by atoms with Crippen LogP contribution in [0.2, 0.25) is 10.0 Å². The van der Waals surface area contributed by atoms with Gasteiger partial charge in [-0.3, -0.25) is 4.79 Å². The number of aromatic nitrogens is 2. The molecule has 1 aromatic heterocycles. The average Bonchev–Trinajstić information content (AvgIpc) is 2.44. The number of amides is 1. The van der Waals surface area contributed by atoms with Gasteiger partial charge in [0.1, 0.15) is 0 Å². The Bertz CT molecular complexity index is 645. The van der Waals surface area contributed by atoms with Crippen LogP contribution < -0.4 is 16.6 Å². The summed E-state index contributed by atoms with van der Waals surface area (Å²) in [6, 6.07) is 6.28. The number of nitrogen functional groups attached to an aromatic ring is 1. The number of nitrogens with two attached hydrogens (primary N) is 1. The van der Waals surface area contributed by atoms with E-state index in [0.29, 0.717) is 21.6 Å². The number of benzene rings is 1. The molecule has 0 atom stereocenters. The molecule has 0 fully saturated rings. The summed E-state index contributed by atoms with van der Waals surface area (Å²) in [7, 11) is 0. The van der Waals surface area contributed by atoms with E-state index < -0.39 is 5.91 Å². The summed E-state index contributed by atoms with van der Waals surface area (Å²) in [5.41, 5.74) is 3.70. The molecule has 0 saturated carbocycles. The number of rotatable bonds is 3. The molecular weight excluding hydrogens is 301 g/mol. The second-order valence-corrected chi connectivity index (χ2v) is 4.80. The minimum atomic E-state index is -0.442. The van der Waals surface area contributed by atoms with Crippen LogP contribution in [0.1, 0.15) is 16.1 Å². The fourth-order valence-corrected chi connectivity index (χ4v) is 1.89. The van der Waals surface area contributed by atoms with Gasteiger partial charge >= 0.3 is 0 Å². The van der Waals surface area contributed by atoms with E-state index in [4.69, 9.17) is 29.0 Å². The number of nitrogens with zero attached hydrogens (tertiary/aromatic N) is 2. The molecule has 0 aliphatic heterocycles. The van der Waals surface area contributed by atoms with E-state index in [1.165, 1.54) is 12.1 Å². The van der Waals surface area contributed by atoms with Gasteiger partial charge in [0, 0.05) is 5.02 Å². The van der Waals surface area contributed by atoms with Crippen molar-refractivity contribution in [1.82, 2.24) is 10.2 Å². The summed E-state index contributed by atoms with van der Waals surface area (Å²) in [6.45, 7) is 1.82. The van der Waals surface area contributed by atoms with Crippen LogP contribution in [0.5, 0.6) is 0 Å². The largest absolute Gasteiger partial charge is 0.319 e. The highest BCUT2D eigenvalue weighted by Crippen LogP contribution is 2.29. The molecule has 8 heteroatoms. The van der Waals surface area contributed by atoms with E-state index in [9.17, 15) is 4.79 Å². The van der Waals surface area contributed by atoms with E-state index in [1.54, 1.807) is 12.1 Å². The van der Waals surface area contributed by atoms with Gasteiger partial charge < -0.3 is 10.7 Å². The van der Waals surface area contributed by atoms with E-state index in [2.05, 4.69) is 20.9 Å². The molecule has 1 heterocycles. The van der Waals surface area contributed by atoms with E-state index >= 15 is 0 Å². The summed E-state index contributed by atoms with van der Waals surface area (Å²) in [5.74, 6) is 5.08. The number of halogens is 2. The maximum absolute atomic E-state index is 12.0. The average molecular weight is 312 g/mol. The first-order chi connectivity index (χ1) is 9.51. The highest BCUT2D eigenvalue weighted by molar-refractivity contribution is 6.36. The van der Waals surface area contributed by atoms with Crippen molar-refractivity contribution in [3.8, 4) is 0 Å². The number of hydrogen-bond acceptors (Lipinski definition) is 5. The van der Waals surface area contributed by atoms with Gasteiger partial charge in [-0.05, 0) is 36.8 Å². The lowest BCUT2D eigenvalue weighted by Crippen LogP contribution is -2.16. The third-order valence-corrected chi connectivity index (χ3v) is 3.26. The summed E-state index contributed by atoms with van der Waals surface area (Å²) >= 11 is 12.0. The van der Waals surface area contributed by atoms with Gasteiger partial charge in [-0.25, -0.2) is 5.84 Å². The Morgan fingerprint density at radius 1 is 1.20 bits per heavy atom. The molecule has 0 saturated heterocycles. The second-order valence-electron chi connectivity index (χ2n) is 3.98. The van der Waals surface area contributed by atoms with Gasteiger partial charge in [-0.1, -0.05) is 23.2 Å². The molecule has 104 valence electrons. The molecule has 1 amide bonds. The van der Waals surface area contributed by atoms with Crippen molar-refractivity contribution in [2.75, 3.05) is 10.7 Å². The predicted octanol–water partition coefficient (Wildman–Crippen LogP) is 2.63. The number of hydrazine groups is 1. The first kappa shape index (κ1) is 14.5. The number of aryl methyl sites for hydroxylation is 1. The van der Waals surface area contributed by atoms with Crippen molar-refractivity contribution in [3.05, 3.63) is 45.6 Å². The van der Waals surface area contributed by atoms with Crippen molar-refractivity contribution < 1.29 is 4.79 Å². The topological polar surface area (TPSA) is 92.9 Å². The van der Waals surface area contributed by atoms with Gasteiger partial charge in [-0.2, -0.15) is 0 Å². The molecule has 2 aromatic rings. The fraction of sp³-hybridized carbons (Fsp3) is 0.0833. The molecule has 0 aliphatic rings. The molecule has 2 rings (SSSR count). The molecule has 0 unspecified atom stereocenters. The van der Waals surface area contributed by atoms with Gasteiger partial charge in [0.2, 0.25) is 0 Å². The minimum absolute atomic E-state index is 0.136. The Balaban J connectivity index is 2.20. The van der Waals surface area contributed by atoms with Crippen LogP contribution in [-0.2, 0) is 0 Å². The van der Waals surface area contributed by atoms with E-state index in [-0.39, 0.29) is 5.69 Å². The van der Waals surface area contributed by atoms with Crippen LogP contribution in [0, 0.1) is 6.92 Å². The maximum Gasteiger partial charge on any atom is 0.276 e. The molecular formula is C12H11Cl2N5O. The number of anilines is 2. The Labute approximate surface area is 125 Å². The lowest BCUT2D eigenvalue weighted by Gasteiger charge is -2.09. The highest BCUT2D eigenvalue weighted by atomic mass is 35.5. The van der Waals surface area contributed by atoms with Crippen LogP contribution >= 0.6 is 23.2 Å². The molecule has 1 aromatic carbocycles. The molecule has 0 aliphatic carbocycles. The number of carbonyl (C=O) groups is 1. The Morgan fingerprint density at radius 2 is 1.95 bits per heavy atom.